The maximum Gasteiger partial charge on any atom is 0.127 e. The molecule has 0 spiro atoms. The predicted octanol–water partition coefficient (Wildman–Crippen LogP) is 6.01. The standard InChI is InChI=1S/C26H36N2O2/c1-7-19-11-21(17(3)4)13-23(25(19)29)15-27-9-10-28-16-24-14-22(18(5)6)12-20(8-2)26(24)30/h11-18,29-30H,7-10H2,1-6H3. The highest BCUT2D eigenvalue weighted by molar-refractivity contribution is 5.85. The molecule has 0 bridgehead atoms. The quantitative estimate of drug-likeness (QED) is 0.394. The van der Waals surface area contributed by atoms with Crippen molar-refractivity contribution in [1.29, 1.82) is 0 Å². The first-order chi connectivity index (χ1) is 14.3. The summed E-state index contributed by atoms with van der Waals surface area (Å²) in [5.74, 6) is 1.43. The maximum atomic E-state index is 10.4. The Morgan fingerprint density at radius 3 is 1.37 bits per heavy atom. The van der Waals surface area contributed by atoms with Gasteiger partial charge in [0.05, 0.1) is 13.1 Å². The molecule has 0 aliphatic rings. The van der Waals surface area contributed by atoms with Crippen LogP contribution in [0, 0.1) is 0 Å². The van der Waals surface area contributed by atoms with Crippen molar-refractivity contribution in [2.45, 2.75) is 66.2 Å². The highest BCUT2D eigenvalue weighted by Gasteiger charge is 2.10. The van der Waals surface area contributed by atoms with Crippen LogP contribution in [0.2, 0.25) is 0 Å². The van der Waals surface area contributed by atoms with Gasteiger partial charge in [-0.25, -0.2) is 0 Å². The van der Waals surface area contributed by atoms with Crippen LogP contribution in [0.3, 0.4) is 0 Å². The average molecular weight is 409 g/mol. The molecule has 162 valence electrons. The molecular weight excluding hydrogens is 372 g/mol. The molecule has 0 aromatic heterocycles. The molecule has 0 amide bonds. The van der Waals surface area contributed by atoms with Crippen molar-refractivity contribution < 1.29 is 10.2 Å². The Morgan fingerprint density at radius 2 is 1.07 bits per heavy atom. The monoisotopic (exact) mass is 408 g/mol. The lowest BCUT2D eigenvalue weighted by molar-refractivity contribution is 0.467. The van der Waals surface area contributed by atoms with Gasteiger partial charge in [-0.15, -0.1) is 0 Å². The highest BCUT2D eigenvalue weighted by atomic mass is 16.3. The van der Waals surface area contributed by atoms with Crippen molar-refractivity contribution in [2.75, 3.05) is 13.1 Å². The van der Waals surface area contributed by atoms with E-state index in [-0.39, 0.29) is 0 Å². The van der Waals surface area contributed by atoms with E-state index < -0.39 is 0 Å². The molecule has 4 nitrogen and oxygen atoms in total. The zero-order chi connectivity index (χ0) is 22.3. The lowest BCUT2D eigenvalue weighted by atomic mass is 9.96. The lowest BCUT2D eigenvalue weighted by Crippen LogP contribution is -1.98. The van der Waals surface area contributed by atoms with Crippen LogP contribution in [0.15, 0.2) is 34.3 Å². The number of nitrogens with zero attached hydrogens (tertiary/aromatic N) is 2. The third-order valence-electron chi connectivity index (χ3n) is 5.40. The smallest absolute Gasteiger partial charge is 0.127 e. The Morgan fingerprint density at radius 1 is 0.700 bits per heavy atom. The number of rotatable bonds is 9. The molecule has 2 aromatic rings. The second-order valence-electron chi connectivity index (χ2n) is 8.32. The van der Waals surface area contributed by atoms with E-state index in [4.69, 9.17) is 0 Å². The van der Waals surface area contributed by atoms with Crippen molar-refractivity contribution in [3.8, 4) is 11.5 Å². The van der Waals surface area contributed by atoms with Crippen LogP contribution in [-0.4, -0.2) is 35.7 Å². The Bertz CT molecular complexity index is 836. The van der Waals surface area contributed by atoms with Crippen LogP contribution >= 0.6 is 0 Å². The van der Waals surface area contributed by atoms with Gasteiger partial charge in [-0.05, 0) is 59.1 Å². The van der Waals surface area contributed by atoms with Gasteiger partial charge in [0.2, 0.25) is 0 Å². The van der Waals surface area contributed by atoms with Gasteiger partial charge in [0.1, 0.15) is 11.5 Å². The van der Waals surface area contributed by atoms with E-state index in [0.717, 1.165) is 35.1 Å². The predicted molar refractivity (Wildman–Crippen MR) is 128 cm³/mol. The number of hydrogen-bond acceptors (Lipinski definition) is 4. The summed E-state index contributed by atoms with van der Waals surface area (Å²) >= 11 is 0. The Kier molecular flexibility index (Phi) is 8.64. The summed E-state index contributed by atoms with van der Waals surface area (Å²) < 4.78 is 0. The average Bonchev–Trinajstić information content (AvgIpc) is 2.72. The lowest BCUT2D eigenvalue weighted by Gasteiger charge is -2.12. The van der Waals surface area contributed by atoms with Gasteiger partial charge in [-0.3, -0.25) is 9.98 Å². The molecule has 2 rings (SSSR count). The minimum Gasteiger partial charge on any atom is -0.507 e. The summed E-state index contributed by atoms with van der Waals surface area (Å²) in [6.07, 6.45) is 5.05. The fourth-order valence-electron chi connectivity index (χ4n) is 3.33. The topological polar surface area (TPSA) is 65.2 Å². The molecule has 0 atom stereocenters. The van der Waals surface area contributed by atoms with E-state index in [1.165, 1.54) is 11.1 Å². The van der Waals surface area contributed by atoms with Gasteiger partial charge in [-0.1, -0.05) is 53.7 Å². The second-order valence-corrected chi connectivity index (χ2v) is 8.32. The van der Waals surface area contributed by atoms with Crippen LogP contribution in [0.1, 0.15) is 86.8 Å². The normalized spacial score (nSPS) is 12.1. The number of benzene rings is 2. The number of hydrogen-bond donors (Lipinski definition) is 2. The van der Waals surface area contributed by atoms with Gasteiger partial charge in [0, 0.05) is 23.6 Å². The maximum absolute atomic E-state index is 10.4. The van der Waals surface area contributed by atoms with Crippen LogP contribution in [0.4, 0.5) is 0 Å². The van der Waals surface area contributed by atoms with E-state index in [1.54, 1.807) is 12.4 Å². The molecule has 30 heavy (non-hydrogen) atoms. The number of phenols is 2. The van der Waals surface area contributed by atoms with E-state index >= 15 is 0 Å². The molecule has 0 unspecified atom stereocenters. The third-order valence-corrected chi connectivity index (χ3v) is 5.40. The van der Waals surface area contributed by atoms with E-state index in [2.05, 4.69) is 49.8 Å². The third kappa shape index (κ3) is 5.94. The minimum atomic E-state index is 0.316. The summed E-state index contributed by atoms with van der Waals surface area (Å²) in [6.45, 7) is 13.7. The molecular formula is C26H36N2O2. The highest BCUT2D eigenvalue weighted by Crippen LogP contribution is 2.28. The van der Waals surface area contributed by atoms with Crippen LogP contribution in [-0.2, 0) is 12.8 Å². The molecule has 0 saturated heterocycles. The van der Waals surface area contributed by atoms with Crippen LogP contribution in [0.25, 0.3) is 0 Å². The van der Waals surface area contributed by atoms with Crippen molar-refractivity contribution >= 4 is 12.4 Å². The molecule has 0 radical (unpaired) electrons. The first-order valence-corrected chi connectivity index (χ1v) is 11.0. The SMILES string of the molecule is CCc1cc(C(C)C)cc(C=NCCN=Cc2cc(C(C)C)cc(CC)c2O)c1O. The van der Waals surface area contributed by atoms with Crippen LogP contribution < -0.4 is 0 Å². The van der Waals surface area contributed by atoms with Crippen molar-refractivity contribution in [1.82, 2.24) is 0 Å². The summed E-state index contributed by atoms with van der Waals surface area (Å²) in [4.78, 5) is 8.90. The van der Waals surface area contributed by atoms with E-state index in [9.17, 15) is 10.2 Å². The van der Waals surface area contributed by atoms with Gasteiger partial charge in [0.25, 0.3) is 0 Å². The molecule has 0 saturated carbocycles. The fourth-order valence-corrected chi connectivity index (χ4v) is 3.33. The molecule has 4 heteroatoms. The zero-order valence-electron chi connectivity index (χ0n) is 19.2. The van der Waals surface area contributed by atoms with Crippen molar-refractivity contribution in [3.63, 3.8) is 0 Å². The van der Waals surface area contributed by atoms with E-state index in [0.29, 0.717) is 36.4 Å². The summed E-state index contributed by atoms with van der Waals surface area (Å²) in [6, 6.07) is 8.16. The summed E-state index contributed by atoms with van der Waals surface area (Å²) in [5.41, 5.74) is 5.84. The van der Waals surface area contributed by atoms with Crippen molar-refractivity contribution in [2.24, 2.45) is 9.98 Å². The fraction of sp³-hybridized carbons (Fsp3) is 0.462. The van der Waals surface area contributed by atoms with Gasteiger partial charge in [0.15, 0.2) is 0 Å². The minimum absolute atomic E-state index is 0.316. The Balaban J connectivity index is 2.08. The number of aromatic hydroxyl groups is 2. The van der Waals surface area contributed by atoms with Gasteiger partial charge in [-0.2, -0.15) is 0 Å². The number of phenolic OH excluding ortho intramolecular Hbond substituents is 2. The van der Waals surface area contributed by atoms with Gasteiger partial charge < -0.3 is 10.2 Å². The largest absolute Gasteiger partial charge is 0.507 e. The second kappa shape index (κ2) is 11.0. The molecule has 0 aliphatic heterocycles. The molecule has 0 heterocycles. The number of aryl methyl sites for hydroxylation is 2. The van der Waals surface area contributed by atoms with Gasteiger partial charge >= 0.3 is 0 Å². The summed E-state index contributed by atoms with van der Waals surface area (Å²) in [7, 11) is 0. The van der Waals surface area contributed by atoms with Crippen LogP contribution in [0.5, 0.6) is 11.5 Å². The first-order valence-electron chi connectivity index (χ1n) is 11.0. The van der Waals surface area contributed by atoms with Crippen molar-refractivity contribution in [3.05, 3.63) is 57.6 Å². The Labute approximate surface area is 181 Å². The molecule has 2 N–H and O–H groups in total. The van der Waals surface area contributed by atoms with E-state index in [1.807, 2.05) is 26.0 Å². The first kappa shape index (κ1) is 23.7. The molecule has 2 aromatic carbocycles. The molecule has 0 fully saturated rings. The zero-order valence-corrected chi connectivity index (χ0v) is 19.2. The Hall–Kier alpha value is -2.62. The summed E-state index contributed by atoms with van der Waals surface area (Å²) in [5, 5.41) is 20.9. The number of aliphatic imine (C=N–C) groups is 2. The molecule has 0 aliphatic carbocycles.